The molecule has 2 aliphatic rings. The first-order valence-electron chi connectivity index (χ1n) is 9.17. The summed E-state index contributed by atoms with van der Waals surface area (Å²) in [6.45, 7) is 7.78. The van der Waals surface area contributed by atoms with Crippen molar-refractivity contribution in [2.45, 2.75) is 83.8 Å². The standard InChI is InChI=1S/C20H31NO/c1-4-5-11-21-18-14-20(9-7-6-8-10-20)22-19-13-16(3)15(2)12-17(18)19/h12-13,18,21H,4-11,14H2,1-3H3. The third-order valence-electron chi connectivity index (χ3n) is 5.59. The zero-order chi connectivity index (χ0) is 15.6. The predicted molar refractivity (Wildman–Crippen MR) is 92.6 cm³/mol. The Balaban J connectivity index is 1.89. The van der Waals surface area contributed by atoms with E-state index in [1.54, 1.807) is 0 Å². The Morgan fingerprint density at radius 3 is 2.59 bits per heavy atom. The molecule has 22 heavy (non-hydrogen) atoms. The van der Waals surface area contributed by atoms with Crippen molar-refractivity contribution in [2.75, 3.05) is 6.54 Å². The highest BCUT2D eigenvalue weighted by molar-refractivity contribution is 5.45. The fraction of sp³-hybridized carbons (Fsp3) is 0.700. The second-order valence-corrected chi connectivity index (χ2v) is 7.38. The van der Waals surface area contributed by atoms with Crippen LogP contribution in [0, 0.1) is 13.8 Å². The molecule has 2 nitrogen and oxygen atoms in total. The number of aryl methyl sites for hydroxylation is 2. The average Bonchev–Trinajstić information content (AvgIpc) is 2.50. The molecular weight excluding hydrogens is 270 g/mol. The van der Waals surface area contributed by atoms with Gasteiger partial charge in [-0.2, -0.15) is 0 Å². The molecule has 1 atom stereocenters. The van der Waals surface area contributed by atoms with Crippen LogP contribution in [0.4, 0.5) is 0 Å². The van der Waals surface area contributed by atoms with Crippen LogP contribution in [0.25, 0.3) is 0 Å². The van der Waals surface area contributed by atoms with Crippen molar-refractivity contribution >= 4 is 0 Å². The lowest BCUT2D eigenvalue weighted by atomic mass is 9.76. The Labute approximate surface area is 135 Å². The lowest BCUT2D eigenvalue weighted by Gasteiger charge is -2.45. The zero-order valence-corrected chi connectivity index (χ0v) is 14.5. The van der Waals surface area contributed by atoms with E-state index in [2.05, 4.69) is 38.2 Å². The van der Waals surface area contributed by atoms with Gasteiger partial charge in [-0.25, -0.2) is 0 Å². The zero-order valence-electron chi connectivity index (χ0n) is 14.5. The van der Waals surface area contributed by atoms with Crippen LogP contribution in [0.1, 0.15) is 81.0 Å². The van der Waals surface area contributed by atoms with Gasteiger partial charge in [0, 0.05) is 18.0 Å². The summed E-state index contributed by atoms with van der Waals surface area (Å²) >= 11 is 0. The molecule has 1 fully saturated rings. The highest BCUT2D eigenvalue weighted by Gasteiger charge is 2.41. The van der Waals surface area contributed by atoms with E-state index in [0.29, 0.717) is 6.04 Å². The number of unbranched alkanes of at least 4 members (excludes halogenated alkanes) is 1. The summed E-state index contributed by atoms with van der Waals surface area (Å²) in [5.74, 6) is 1.14. The minimum atomic E-state index is 0.0941. The van der Waals surface area contributed by atoms with Crippen molar-refractivity contribution in [3.63, 3.8) is 0 Å². The number of nitrogens with one attached hydrogen (secondary N) is 1. The second-order valence-electron chi connectivity index (χ2n) is 7.38. The first-order chi connectivity index (χ1) is 10.6. The molecule has 1 unspecified atom stereocenters. The van der Waals surface area contributed by atoms with Gasteiger partial charge in [0.25, 0.3) is 0 Å². The van der Waals surface area contributed by atoms with Crippen LogP contribution in [-0.4, -0.2) is 12.1 Å². The molecule has 1 spiro atoms. The Bertz CT molecular complexity index is 517. The molecule has 1 heterocycles. The van der Waals surface area contributed by atoms with Crippen LogP contribution in [-0.2, 0) is 0 Å². The SMILES string of the molecule is CCCCNC1CC2(CCCCC2)Oc2cc(C)c(C)cc21. The monoisotopic (exact) mass is 301 g/mol. The minimum absolute atomic E-state index is 0.0941. The van der Waals surface area contributed by atoms with E-state index in [1.807, 2.05) is 0 Å². The summed E-state index contributed by atoms with van der Waals surface area (Å²) < 4.78 is 6.59. The van der Waals surface area contributed by atoms with E-state index in [4.69, 9.17) is 4.74 Å². The van der Waals surface area contributed by atoms with E-state index in [1.165, 1.54) is 61.6 Å². The molecule has 122 valence electrons. The molecule has 0 radical (unpaired) electrons. The van der Waals surface area contributed by atoms with E-state index in [9.17, 15) is 0 Å². The number of ether oxygens (including phenoxy) is 1. The highest BCUT2D eigenvalue weighted by Crippen LogP contribution is 2.46. The molecule has 1 aromatic carbocycles. The number of rotatable bonds is 4. The molecule has 1 saturated carbocycles. The number of benzene rings is 1. The maximum atomic E-state index is 6.59. The molecule has 1 aliphatic heterocycles. The minimum Gasteiger partial charge on any atom is -0.487 e. The topological polar surface area (TPSA) is 21.3 Å². The van der Waals surface area contributed by atoms with E-state index < -0.39 is 0 Å². The van der Waals surface area contributed by atoms with Crippen LogP contribution >= 0.6 is 0 Å². The maximum absolute atomic E-state index is 6.59. The normalized spacial score (nSPS) is 23.1. The van der Waals surface area contributed by atoms with Crippen molar-refractivity contribution in [3.05, 3.63) is 28.8 Å². The van der Waals surface area contributed by atoms with Gasteiger partial charge in [0.1, 0.15) is 11.4 Å². The highest BCUT2D eigenvalue weighted by atomic mass is 16.5. The van der Waals surface area contributed by atoms with Crippen LogP contribution in [0.15, 0.2) is 12.1 Å². The lowest BCUT2D eigenvalue weighted by Crippen LogP contribution is -2.45. The van der Waals surface area contributed by atoms with Gasteiger partial charge in [-0.3, -0.25) is 0 Å². The van der Waals surface area contributed by atoms with E-state index in [0.717, 1.165) is 18.7 Å². The van der Waals surface area contributed by atoms with Gasteiger partial charge in [-0.15, -0.1) is 0 Å². The Morgan fingerprint density at radius 1 is 1.14 bits per heavy atom. The van der Waals surface area contributed by atoms with Crippen molar-refractivity contribution in [1.82, 2.24) is 5.32 Å². The summed E-state index contributed by atoms with van der Waals surface area (Å²) in [5, 5.41) is 3.82. The summed E-state index contributed by atoms with van der Waals surface area (Å²) in [6.07, 6.45) is 10.1. The van der Waals surface area contributed by atoms with Gasteiger partial charge in [0.2, 0.25) is 0 Å². The van der Waals surface area contributed by atoms with Gasteiger partial charge in [0.05, 0.1) is 0 Å². The fourth-order valence-electron chi connectivity index (χ4n) is 4.07. The molecule has 1 N–H and O–H groups in total. The Kier molecular flexibility index (Phi) is 4.77. The Hall–Kier alpha value is -1.02. The van der Waals surface area contributed by atoms with Gasteiger partial charge >= 0.3 is 0 Å². The average molecular weight is 301 g/mol. The van der Waals surface area contributed by atoms with Gasteiger partial charge in [-0.1, -0.05) is 25.8 Å². The number of fused-ring (bicyclic) bond motifs is 1. The van der Waals surface area contributed by atoms with Crippen LogP contribution in [0.2, 0.25) is 0 Å². The molecule has 3 rings (SSSR count). The second kappa shape index (κ2) is 6.62. The summed E-state index contributed by atoms with van der Waals surface area (Å²) in [6, 6.07) is 5.09. The molecule has 0 saturated heterocycles. The van der Waals surface area contributed by atoms with Crippen molar-refractivity contribution in [3.8, 4) is 5.75 Å². The number of hydrogen-bond acceptors (Lipinski definition) is 2. The van der Waals surface area contributed by atoms with Crippen molar-refractivity contribution in [2.24, 2.45) is 0 Å². The molecule has 0 amide bonds. The van der Waals surface area contributed by atoms with Gasteiger partial charge < -0.3 is 10.1 Å². The van der Waals surface area contributed by atoms with Crippen molar-refractivity contribution in [1.29, 1.82) is 0 Å². The summed E-state index contributed by atoms with van der Waals surface area (Å²) in [7, 11) is 0. The van der Waals surface area contributed by atoms with Crippen molar-refractivity contribution < 1.29 is 4.74 Å². The first-order valence-corrected chi connectivity index (χ1v) is 9.17. The largest absolute Gasteiger partial charge is 0.487 e. The number of hydrogen-bond donors (Lipinski definition) is 1. The molecule has 2 heteroatoms. The van der Waals surface area contributed by atoms with Crippen LogP contribution < -0.4 is 10.1 Å². The fourth-order valence-corrected chi connectivity index (χ4v) is 4.07. The third-order valence-corrected chi connectivity index (χ3v) is 5.59. The summed E-state index contributed by atoms with van der Waals surface area (Å²) in [4.78, 5) is 0. The molecule has 0 aromatic heterocycles. The molecule has 1 aromatic rings. The van der Waals surface area contributed by atoms with Gasteiger partial charge in [-0.05, 0) is 69.7 Å². The molecule has 1 aliphatic carbocycles. The molecular formula is C20H31NO. The molecule has 0 bridgehead atoms. The quantitative estimate of drug-likeness (QED) is 0.770. The van der Waals surface area contributed by atoms with E-state index >= 15 is 0 Å². The summed E-state index contributed by atoms with van der Waals surface area (Å²) in [5.41, 5.74) is 4.20. The maximum Gasteiger partial charge on any atom is 0.125 e. The lowest BCUT2D eigenvalue weighted by molar-refractivity contribution is -0.00272. The Morgan fingerprint density at radius 2 is 1.86 bits per heavy atom. The smallest absolute Gasteiger partial charge is 0.125 e. The predicted octanol–water partition coefficient (Wildman–Crippen LogP) is 5.22. The first kappa shape index (κ1) is 15.9. The van der Waals surface area contributed by atoms with Crippen LogP contribution in [0.5, 0.6) is 5.75 Å². The third kappa shape index (κ3) is 3.17. The van der Waals surface area contributed by atoms with Crippen LogP contribution in [0.3, 0.4) is 0 Å². The van der Waals surface area contributed by atoms with Gasteiger partial charge in [0.15, 0.2) is 0 Å². The van der Waals surface area contributed by atoms with E-state index in [-0.39, 0.29) is 5.60 Å².